The van der Waals surface area contributed by atoms with Gasteiger partial charge in [-0.2, -0.15) is 0 Å². The summed E-state index contributed by atoms with van der Waals surface area (Å²) < 4.78 is 0. The fourth-order valence-corrected chi connectivity index (χ4v) is 2.14. The Kier molecular flexibility index (Phi) is 5.21. The first-order valence-corrected chi connectivity index (χ1v) is 6.17. The Morgan fingerprint density at radius 2 is 2.50 bits per heavy atom. The van der Waals surface area contributed by atoms with Gasteiger partial charge in [-0.05, 0) is 13.3 Å². The number of nitrogens with two attached hydrogens (primary N) is 1. The normalized spacial score (nSPS) is 16.0. The lowest BCUT2D eigenvalue weighted by Crippen LogP contribution is -2.34. The van der Waals surface area contributed by atoms with Gasteiger partial charge >= 0.3 is 0 Å². The molecule has 5 nitrogen and oxygen atoms in total. The minimum atomic E-state index is 0.191. The summed E-state index contributed by atoms with van der Waals surface area (Å²) in [4.78, 5) is 4.25. The zero-order valence-corrected chi connectivity index (χ0v) is 10.4. The number of aromatic nitrogens is 1. The molecule has 0 aromatic carbocycles. The van der Waals surface area contributed by atoms with Gasteiger partial charge in [-0.15, -0.1) is 11.3 Å². The molecular weight excluding hydrogens is 224 g/mol. The van der Waals surface area contributed by atoms with Crippen LogP contribution in [0.1, 0.15) is 37.7 Å². The van der Waals surface area contributed by atoms with E-state index in [0.717, 1.165) is 11.4 Å². The first-order chi connectivity index (χ1) is 7.67. The summed E-state index contributed by atoms with van der Waals surface area (Å²) in [5.74, 6) is 0.255. The molecule has 1 aromatic heterocycles. The lowest BCUT2D eigenvalue weighted by atomic mass is 10.1. The minimum absolute atomic E-state index is 0.191. The molecule has 0 aliphatic heterocycles. The van der Waals surface area contributed by atoms with Crippen molar-refractivity contribution in [2.24, 2.45) is 10.9 Å². The highest BCUT2D eigenvalue weighted by Gasteiger charge is 2.14. The maximum absolute atomic E-state index is 8.52. The topological polar surface area (TPSA) is 83.5 Å². The second-order valence-corrected chi connectivity index (χ2v) is 4.59. The molecule has 0 radical (unpaired) electrons. The number of amidine groups is 1. The molecule has 0 aliphatic rings. The summed E-state index contributed by atoms with van der Waals surface area (Å²) in [6, 6.07) is 0.395. The Hall–Kier alpha value is -1.14. The zero-order valence-electron chi connectivity index (χ0n) is 9.55. The number of oxime groups is 1. The Bertz CT molecular complexity index is 326. The Morgan fingerprint density at radius 1 is 1.75 bits per heavy atom. The average Bonchev–Trinajstić information content (AvgIpc) is 2.81. The SMILES string of the molecule is CCC(CC(N)=NO)NC(C)c1nccs1. The van der Waals surface area contributed by atoms with E-state index in [0.29, 0.717) is 6.42 Å². The predicted molar refractivity (Wildman–Crippen MR) is 65.8 cm³/mol. The Morgan fingerprint density at radius 3 is 3.00 bits per heavy atom. The van der Waals surface area contributed by atoms with Crippen molar-refractivity contribution in [2.45, 2.75) is 38.8 Å². The minimum Gasteiger partial charge on any atom is -0.409 e. The third kappa shape index (κ3) is 3.79. The number of rotatable bonds is 6. The third-order valence-electron chi connectivity index (χ3n) is 2.38. The highest BCUT2D eigenvalue weighted by atomic mass is 32.1. The van der Waals surface area contributed by atoms with Crippen molar-refractivity contribution >= 4 is 17.2 Å². The summed E-state index contributed by atoms with van der Waals surface area (Å²) in [5, 5.41) is 17.9. The molecule has 0 bridgehead atoms. The molecule has 0 spiro atoms. The van der Waals surface area contributed by atoms with Gasteiger partial charge in [0.05, 0.1) is 6.04 Å². The second-order valence-electron chi connectivity index (χ2n) is 3.66. The smallest absolute Gasteiger partial charge is 0.140 e. The molecule has 16 heavy (non-hydrogen) atoms. The fourth-order valence-electron chi connectivity index (χ4n) is 1.49. The highest BCUT2D eigenvalue weighted by molar-refractivity contribution is 7.09. The van der Waals surface area contributed by atoms with E-state index in [9.17, 15) is 0 Å². The summed E-state index contributed by atoms with van der Waals surface area (Å²) in [5.41, 5.74) is 5.49. The molecular formula is C10H18N4OS. The monoisotopic (exact) mass is 242 g/mol. The number of hydrogen-bond donors (Lipinski definition) is 3. The molecule has 6 heteroatoms. The van der Waals surface area contributed by atoms with Crippen molar-refractivity contribution in [3.63, 3.8) is 0 Å². The van der Waals surface area contributed by atoms with Crippen molar-refractivity contribution in [2.75, 3.05) is 0 Å². The van der Waals surface area contributed by atoms with Gasteiger partial charge in [-0.25, -0.2) is 4.98 Å². The number of thiazole rings is 1. The molecule has 0 amide bonds. The lowest BCUT2D eigenvalue weighted by Gasteiger charge is -2.20. The quantitative estimate of drug-likeness (QED) is 0.307. The summed E-state index contributed by atoms with van der Waals surface area (Å²) in [7, 11) is 0. The van der Waals surface area contributed by atoms with Gasteiger partial charge in [0.15, 0.2) is 0 Å². The molecule has 2 unspecified atom stereocenters. The van der Waals surface area contributed by atoms with Crippen molar-refractivity contribution in [1.82, 2.24) is 10.3 Å². The molecule has 4 N–H and O–H groups in total. The van der Waals surface area contributed by atoms with Crippen LogP contribution in [-0.4, -0.2) is 22.1 Å². The van der Waals surface area contributed by atoms with Crippen LogP contribution in [0.25, 0.3) is 0 Å². The average molecular weight is 242 g/mol. The molecule has 0 fully saturated rings. The van der Waals surface area contributed by atoms with E-state index >= 15 is 0 Å². The molecule has 1 heterocycles. The van der Waals surface area contributed by atoms with E-state index in [1.54, 1.807) is 17.5 Å². The maximum Gasteiger partial charge on any atom is 0.140 e. The molecule has 0 saturated heterocycles. The van der Waals surface area contributed by atoms with Gasteiger partial charge in [0.2, 0.25) is 0 Å². The van der Waals surface area contributed by atoms with Gasteiger partial charge in [-0.3, -0.25) is 0 Å². The molecule has 90 valence electrons. The number of hydrogen-bond acceptors (Lipinski definition) is 5. The second kappa shape index (κ2) is 6.44. The zero-order chi connectivity index (χ0) is 12.0. The molecule has 1 rings (SSSR count). The van der Waals surface area contributed by atoms with Gasteiger partial charge < -0.3 is 16.3 Å². The maximum atomic E-state index is 8.52. The molecule has 2 atom stereocenters. The van der Waals surface area contributed by atoms with Gasteiger partial charge in [0.1, 0.15) is 10.8 Å². The van der Waals surface area contributed by atoms with Crippen LogP contribution in [0.4, 0.5) is 0 Å². The van der Waals surface area contributed by atoms with E-state index in [-0.39, 0.29) is 17.9 Å². The van der Waals surface area contributed by atoms with Crippen LogP contribution >= 0.6 is 11.3 Å². The van der Waals surface area contributed by atoms with Crippen LogP contribution in [-0.2, 0) is 0 Å². The third-order valence-corrected chi connectivity index (χ3v) is 3.34. The van der Waals surface area contributed by atoms with Crippen molar-refractivity contribution < 1.29 is 5.21 Å². The molecule has 1 aromatic rings. The van der Waals surface area contributed by atoms with Crippen LogP contribution in [0.15, 0.2) is 16.7 Å². The highest BCUT2D eigenvalue weighted by Crippen LogP contribution is 2.16. The van der Waals surface area contributed by atoms with Crippen LogP contribution in [0, 0.1) is 0 Å². The van der Waals surface area contributed by atoms with Crippen LogP contribution in [0.3, 0.4) is 0 Å². The van der Waals surface area contributed by atoms with Gasteiger partial charge in [0, 0.05) is 24.0 Å². The first kappa shape index (κ1) is 12.9. The standard InChI is InChI=1S/C10H18N4OS/c1-3-8(6-9(11)14-15)13-7(2)10-12-4-5-16-10/h4-5,7-8,13,15H,3,6H2,1-2H3,(H2,11,14). The van der Waals surface area contributed by atoms with E-state index in [1.807, 2.05) is 5.38 Å². The van der Waals surface area contributed by atoms with E-state index in [4.69, 9.17) is 10.9 Å². The van der Waals surface area contributed by atoms with Gasteiger partial charge in [0.25, 0.3) is 0 Å². The van der Waals surface area contributed by atoms with Crippen LogP contribution in [0.5, 0.6) is 0 Å². The van der Waals surface area contributed by atoms with Crippen LogP contribution < -0.4 is 11.1 Å². The largest absolute Gasteiger partial charge is 0.409 e. The fraction of sp³-hybridized carbons (Fsp3) is 0.600. The van der Waals surface area contributed by atoms with Crippen LogP contribution in [0.2, 0.25) is 0 Å². The Labute approximate surface area is 99.4 Å². The first-order valence-electron chi connectivity index (χ1n) is 5.29. The van der Waals surface area contributed by atoms with Gasteiger partial charge in [-0.1, -0.05) is 12.1 Å². The predicted octanol–water partition coefficient (Wildman–Crippen LogP) is 1.71. The van der Waals surface area contributed by atoms with E-state index < -0.39 is 0 Å². The molecule has 0 saturated carbocycles. The summed E-state index contributed by atoms with van der Waals surface area (Å²) in [6.07, 6.45) is 3.26. The number of nitrogens with one attached hydrogen (secondary N) is 1. The number of nitrogens with zero attached hydrogens (tertiary/aromatic N) is 2. The van der Waals surface area contributed by atoms with Crippen molar-refractivity contribution in [3.05, 3.63) is 16.6 Å². The van der Waals surface area contributed by atoms with E-state index in [1.165, 1.54) is 0 Å². The van der Waals surface area contributed by atoms with Crippen molar-refractivity contribution in [1.29, 1.82) is 0 Å². The van der Waals surface area contributed by atoms with Crippen molar-refractivity contribution in [3.8, 4) is 0 Å². The summed E-state index contributed by atoms with van der Waals surface area (Å²) >= 11 is 1.62. The molecule has 0 aliphatic carbocycles. The Balaban J connectivity index is 2.50. The lowest BCUT2D eigenvalue weighted by molar-refractivity contribution is 0.315. The summed E-state index contributed by atoms with van der Waals surface area (Å²) in [6.45, 7) is 4.13. The van der Waals surface area contributed by atoms with E-state index in [2.05, 4.69) is 29.3 Å².